The molecule has 5 aromatic rings. The van der Waals surface area contributed by atoms with Crippen molar-refractivity contribution in [2.24, 2.45) is 4.99 Å². The number of fused-ring (bicyclic) bond motifs is 3. The van der Waals surface area contributed by atoms with E-state index in [1.807, 2.05) is 18.2 Å². The summed E-state index contributed by atoms with van der Waals surface area (Å²) < 4.78 is 7.91. The molecule has 7 rings (SSSR count). The predicted molar refractivity (Wildman–Crippen MR) is 167 cm³/mol. The van der Waals surface area contributed by atoms with Gasteiger partial charge in [0.15, 0.2) is 4.80 Å². The summed E-state index contributed by atoms with van der Waals surface area (Å²) in [6, 6.07) is 19.6. The third-order valence-corrected chi connectivity index (χ3v) is 9.27. The topological polar surface area (TPSA) is 134 Å². The molecule has 0 saturated heterocycles. The number of rotatable bonds is 5. The van der Waals surface area contributed by atoms with Gasteiger partial charge >= 0.3 is 0 Å². The van der Waals surface area contributed by atoms with Gasteiger partial charge in [0.05, 0.1) is 31.1 Å². The lowest BCUT2D eigenvalue weighted by Gasteiger charge is -2.30. The van der Waals surface area contributed by atoms with Gasteiger partial charge in [0, 0.05) is 35.4 Å². The van der Waals surface area contributed by atoms with E-state index in [2.05, 4.69) is 6.07 Å². The molecular formula is C31H18Cl2N4O6S. The zero-order valence-electron chi connectivity index (χ0n) is 22.4. The Kier molecular flexibility index (Phi) is 6.80. The minimum atomic E-state index is -0.622. The summed E-state index contributed by atoms with van der Waals surface area (Å²) in [6.45, 7) is 0. The van der Waals surface area contributed by atoms with Gasteiger partial charge in [-0.2, -0.15) is 0 Å². The third-order valence-electron chi connectivity index (χ3n) is 7.67. The van der Waals surface area contributed by atoms with Gasteiger partial charge in [-0.1, -0.05) is 70.9 Å². The predicted octanol–water partition coefficient (Wildman–Crippen LogP) is 6.70. The number of aromatic nitrogens is 1. The van der Waals surface area contributed by atoms with E-state index in [9.17, 15) is 25.0 Å². The van der Waals surface area contributed by atoms with Gasteiger partial charge in [-0.3, -0.25) is 29.6 Å². The van der Waals surface area contributed by atoms with Crippen molar-refractivity contribution in [2.45, 2.75) is 18.9 Å². The van der Waals surface area contributed by atoms with Crippen molar-refractivity contribution in [1.82, 2.24) is 4.57 Å². The first-order chi connectivity index (χ1) is 21.2. The minimum Gasteiger partial charge on any atom is -0.457 e. The largest absolute Gasteiger partial charge is 0.457 e. The first kappa shape index (κ1) is 28.0. The molecule has 1 aliphatic carbocycles. The molecule has 3 aromatic carbocycles. The van der Waals surface area contributed by atoms with Crippen LogP contribution in [0.2, 0.25) is 10.0 Å². The highest BCUT2D eigenvalue weighted by Crippen LogP contribution is 2.42. The van der Waals surface area contributed by atoms with Crippen LogP contribution in [0.15, 0.2) is 92.6 Å². The van der Waals surface area contributed by atoms with Gasteiger partial charge in [0.1, 0.15) is 16.5 Å². The maximum Gasteiger partial charge on any atom is 0.289 e. The van der Waals surface area contributed by atoms with Gasteiger partial charge in [-0.05, 0) is 47.7 Å². The molecule has 0 N–H and O–H groups in total. The number of aryl methyl sites for hydroxylation is 1. The molecule has 0 unspecified atom stereocenters. The van der Waals surface area contributed by atoms with Crippen LogP contribution in [-0.4, -0.2) is 14.4 Å². The number of hydrogen-bond donors (Lipinski definition) is 0. The number of non-ortho nitro benzene ring substituents is 1. The van der Waals surface area contributed by atoms with E-state index >= 15 is 0 Å². The van der Waals surface area contributed by atoms with E-state index in [1.54, 1.807) is 34.9 Å². The fraction of sp³-hybridized carbons (Fsp3) is 0.0968. The summed E-state index contributed by atoms with van der Waals surface area (Å²) >= 11 is 13.6. The highest BCUT2D eigenvalue weighted by molar-refractivity contribution is 7.07. The van der Waals surface area contributed by atoms with Crippen LogP contribution < -0.4 is 14.9 Å². The van der Waals surface area contributed by atoms with Crippen LogP contribution in [0.3, 0.4) is 0 Å². The molecule has 1 atom stereocenters. The highest BCUT2D eigenvalue weighted by atomic mass is 35.5. The first-order valence-electron chi connectivity index (χ1n) is 13.3. The van der Waals surface area contributed by atoms with Crippen LogP contribution in [0.1, 0.15) is 34.9 Å². The van der Waals surface area contributed by atoms with Gasteiger partial charge < -0.3 is 4.42 Å². The summed E-state index contributed by atoms with van der Waals surface area (Å²) in [5.41, 5.74) is 4.12. The Morgan fingerprint density at radius 3 is 2.55 bits per heavy atom. The third kappa shape index (κ3) is 4.66. The number of nitro groups is 2. The second-order valence-electron chi connectivity index (χ2n) is 10.2. The number of nitrogens with zero attached hydrogens (tertiary/aromatic N) is 4. The number of halogens is 2. The van der Waals surface area contributed by atoms with Crippen LogP contribution in [0.4, 0.5) is 11.4 Å². The Bertz CT molecular complexity index is 2270. The Hall–Kier alpha value is -4.84. The average Bonchev–Trinajstić information content (AvgIpc) is 3.60. The number of benzene rings is 3. The Labute approximate surface area is 261 Å². The van der Waals surface area contributed by atoms with Crippen LogP contribution in [0, 0.1) is 20.2 Å². The summed E-state index contributed by atoms with van der Waals surface area (Å²) in [5.74, 6) is 0.657. The average molecular weight is 645 g/mol. The van der Waals surface area contributed by atoms with E-state index < -0.39 is 15.9 Å². The van der Waals surface area contributed by atoms with E-state index in [4.69, 9.17) is 32.6 Å². The maximum absolute atomic E-state index is 14.0. The fourth-order valence-corrected chi connectivity index (χ4v) is 7.16. The molecular weight excluding hydrogens is 627 g/mol. The minimum absolute atomic E-state index is 0.0619. The number of nitro benzene ring substituents is 2. The number of furan rings is 1. The monoisotopic (exact) mass is 644 g/mol. The highest BCUT2D eigenvalue weighted by Gasteiger charge is 2.33. The second-order valence-corrected chi connectivity index (χ2v) is 12.0. The van der Waals surface area contributed by atoms with Crippen LogP contribution >= 0.6 is 34.5 Å². The van der Waals surface area contributed by atoms with E-state index in [0.29, 0.717) is 38.4 Å². The summed E-state index contributed by atoms with van der Waals surface area (Å²) in [7, 11) is 0. The van der Waals surface area contributed by atoms with Crippen molar-refractivity contribution in [3.8, 4) is 11.3 Å². The molecule has 0 radical (unpaired) electrons. The quantitative estimate of drug-likeness (QED) is 0.154. The van der Waals surface area contributed by atoms with Crippen molar-refractivity contribution in [1.29, 1.82) is 0 Å². The molecule has 13 heteroatoms. The smallest absolute Gasteiger partial charge is 0.289 e. The van der Waals surface area contributed by atoms with Crippen molar-refractivity contribution >= 4 is 57.7 Å². The van der Waals surface area contributed by atoms with Crippen LogP contribution in [-0.2, 0) is 6.42 Å². The van der Waals surface area contributed by atoms with E-state index in [0.717, 1.165) is 34.9 Å². The van der Waals surface area contributed by atoms with Gasteiger partial charge in [0.2, 0.25) is 0 Å². The summed E-state index contributed by atoms with van der Waals surface area (Å²) in [5, 5.41) is 22.8. The first-order valence-corrected chi connectivity index (χ1v) is 14.9. The Morgan fingerprint density at radius 2 is 1.75 bits per heavy atom. The lowest BCUT2D eigenvalue weighted by molar-refractivity contribution is -0.385. The molecule has 0 amide bonds. The molecule has 0 spiro atoms. The SMILES string of the molecule is O=c1/c(=C/c2ccc(-c3cc(Cl)c([N+](=O)[O-])cc3Cl)o2)sc2n1[C@@H](c1cccc([N+](=O)[O-])c1)C1=C(N=2)c2ccccc2CC1. The number of hydrogen-bond acceptors (Lipinski definition) is 8. The molecule has 0 fully saturated rings. The molecule has 3 heterocycles. The van der Waals surface area contributed by atoms with Gasteiger partial charge in [-0.25, -0.2) is 4.99 Å². The zero-order valence-corrected chi connectivity index (χ0v) is 24.7. The van der Waals surface area contributed by atoms with Crippen molar-refractivity contribution in [2.75, 3.05) is 0 Å². The molecule has 2 aromatic heterocycles. The lowest BCUT2D eigenvalue weighted by Crippen LogP contribution is -2.38. The molecule has 0 bridgehead atoms. The van der Waals surface area contributed by atoms with E-state index in [-0.39, 0.29) is 27.0 Å². The van der Waals surface area contributed by atoms with Gasteiger partial charge in [0.25, 0.3) is 16.9 Å². The Balaban J connectivity index is 1.38. The molecule has 218 valence electrons. The number of allylic oxidation sites excluding steroid dienone is 1. The molecule has 2 aliphatic rings. The number of thiazole rings is 1. The molecule has 0 saturated carbocycles. The van der Waals surface area contributed by atoms with Gasteiger partial charge in [-0.15, -0.1) is 0 Å². The summed E-state index contributed by atoms with van der Waals surface area (Å²) in [6.07, 6.45) is 2.99. The summed E-state index contributed by atoms with van der Waals surface area (Å²) in [4.78, 5) is 41.2. The molecule has 10 nitrogen and oxygen atoms in total. The fourth-order valence-electron chi connectivity index (χ4n) is 5.70. The Morgan fingerprint density at radius 1 is 0.932 bits per heavy atom. The maximum atomic E-state index is 14.0. The van der Waals surface area contributed by atoms with Crippen LogP contribution in [0.5, 0.6) is 0 Å². The van der Waals surface area contributed by atoms with Crippen molar-refractivity contribution < 1.29 is 14.3 Å². The van der Waals surface area contributed by atoms with Crippen molar-refractivity contribution in [3.05, 3.63) is 151 Å². The zero-order chi connectivity index (χ0) is 30.7. The van der Waals surface area contributed by atoms with E-state index in [1.165, 1.54) is 29.5 Å². The van der Waals surface area contributed by atoms with Crippen LogP contribution in [0.25, 0.3) is 23.1 Å². The standard InChI is InChI=1S/C31H18Cl2N4O6S/c32-23-15-25(37(41)42)24(33)14-22(23)26-11-9-19(43-26)13-27-30(38)35-29(17-5-3-6-18(12-17)36(39)40)21-10-8-16-4-1-2-7-20(16)28(21)34-31(35)44-27/h1-7,9,11-15,29H,8,10H2/b27-13-/t29-/m0/s1. The molecule has 44 heavy (non-hydrogen) atoms. The normalized spacial score (nSPS) is 15.8. The lowest BCUT2D eigenvalue weighted by atomic mass is 9.83. The second kappa shape index (κ2) is 10.7. The van der Waals surface area contributed by atoms with Crippen molar-refractivity contribution in [3.63, 3.8) is 0 Å². The molecule has 1 aliphatic heterocycles.